The Morgan fingerprint density at radius 3 is 2.63 bits per heavy atom. The highest BCUT2D eigenvalue weighted by molar-refractivity contribution is 9.10. The number of hydrogen-bond acceptors (Lipinski definition) is 3. The highest BCUT2D eigenvalue weighted by atomic mass is 79.9. The maximum Gasteiger partial charge on any atom is 0.258 e. The second-order valence-electron chi connectivity index (χ2n) is 5.49. The molecule has 1 aromatic rings. The number of carbonyl (C=O) groups excluding carboxylic acids is 1. The molecule has 5 heteroatoms. The van der Waals surface area contributed by atoms with Crippen molar-refractivity contribution in [3.8, 4) is 5.75 Å². The van der Waals surface area contributed by atoms with Gasteiger partial charge in [0, 0.05) is 17.6 Å². The number of hydrogen-bond donors (Lipinski definition) is 2. The third-order valence-corrected chi connectivity index (χ3v) is 3.18. The number of para-hydroxylation sites is 1. The van der Waals surface area contributed by atoms with Crippen LogP contribution >= 0.6 is 15.9 Å². The molecule has 106 valence electrons. The molecule has 1 unspecified atom stereocenters. The molecule has 0 aromatic heterocycles. The minimum absolute atomic E-state index is 0.00882. The van der Waals surface area contributed by atoms with Crippen LogP contribution in [0.1, 0.15) is 33.3 Å². The summed E-state index contributed by atoms with van der Waals surface area (Å²) in [6.45, 7) is 8.58. The van der Waals surface area contributed by atoms with E-state index in [2.05, 4.69) is 42.0 Å². The lowest BCUT2D eigenvalue weighted by atomic mass is 10.1. The Kier molecular flexibility index (Phi) is 5.38. The number of benzene rings is 1. The van der Waals surface area contributed by atoms with Crippen molar-refractivity contribution >= 4 is 21.8 Å². The molecule has 0 bridgehead atoms. The number of halogens is 1. The maximum absolute atomic E-state index is 11.1. The molecular weight excluding hydrogens is 308 g/mol. The summed E-state index contributed by atoms with van der Waals surface area (Å²) in [5.74, 6) is 0.177. The third-order valence-electron chi connectivity index (χ3n) is 2.55. The Bertz CT molecular complexity index is 455. The lowest BCUT2D eigenvalue weighted by Crippen LogP contribution is -2.35. The zero-order chi connectivity index (χ0) is 14.6. The largest absolute Gasteiger partial charge is 0.479 e. The molecule has 0 heterocycles. The summed E-state index contributed by atoms with van der Waals surface area (Å²) < 4.78 is 6.46. The number of primary amides is 1. The van der Waals surface area contributed by atoms with Crippen molar-refractivity contribution in [1.82, 2.24) is 5.32 Å². The van der Waals surface area contributed by atoms with Crippen LogP contribution in [-0.4, -0.2) is 17.6 Å². The summed E-state index contributed by atoms with van der Waals surface area (Å²) in [6.07, 6.45) is -0.660. The summed E-state index contributed by atoms with van der Waals surface area (Å²) in [5.41, 5.74) is 6.22. The Labute approximate surface area is 122 Å². The van der Waals surface area contributed by atoms with Crippen LogP contribution in [0.5, 0.6) is 5.75 Å². The average Bonchev–Trinajstić information content (AvgIpc) is 2.28. The van der Waals surface area contributed by atoms with Crippen LogP contribution < -0.4 is 15.8 Å². The predicted octanol–water partition coefficient (Wildman–Crippen LogP) is 2.59. The first kappa shape index (κ1) is 16.0. The fourth-order valence-corrected chi connectivity index (χ4v) is 1.92. The molecule has 0 radical (unpaired) electrons. The Morgan fingerprint density at radius 1 is 1.47 bits per heavy atom. The van der Waals surface area contributed by atoms with Gasteiger partial charge in [0.05, 0.1) is 4.47 Å². The minimum Gasteiger partial charge on any atom is -0.479 e. The van der Waals surface area contributed by atoms with E-state index in [9.17, 15) is 4.79 Å². The van der Waals surface area contributed by atoms with Gasteiger partial charge in [0.2, 0.25) is 0 Å². The molecule has 0 aliphatic heterocycles. The molecular formula is C14H21BrN2O2. The Balaban J connectivity index is 2.92. The first-order valence-electron chi connectivity index (χ1n) is 6.19. The summed E-state index contributed by atoms with van der Waals surface area (Å²) >= 11 is 3.44. The molecule has 4 nitrogen and oxygen atoms in total. The van der Waals surface area contributed by atoms with Gasteiger partial charge >= 0.3 is 0 Å². The van der Waals surface area contributed by atoms with Crippen molar-refractivity contribution in [2.45, 2.75) is 45.9 Å². The zero-order valence-electron chi connectivity index (χ0n) is 11.8. The van der Waals surface area contributed by atoms with Crippen molar-refractivity contribution in [3.63, 3.8) is 0 Å². The molecule has 0 saturated carbocycles. The van der Waals surface area contributed by atoms with Crippen LogP contribution in [0, 0.1) is 0 Å². The van der Waals surface area contributed by atoms with Gasteiger partial charge < -0.3 is 15.8 Å². The Hall–Kier alpha value is -1.07. The summed E-state index contributed by atoms with van der Waals surface area (Å²) in [6, 6.07) is 5.78. The molecule has 0 saturated heterocycles. The molecule has 0 aliphatic rings. The summed E-state index contributed by atoms with van der Waals surface area (Å²) in [7, 11) is 0. The standard InChI is InChI=1S/C14H21BrN2O2/c1-9(13(16)18)19-12-10(6-5-7-11(12)15)8-17-14(2,3)4/h5-7,9,17H,8H2,1-4H3,(H2,16,18). The van der Waals surface area contributed by atoms with E-state index in [4.69, 9.17) is 10.5 Å². The highest BCUT2D eigenvalue weighted by Crippen LogP contribution is 2.30. The second kappa shape index (κ2) is 6.39. The predicted molar refractivity (Wildman–Crippen MR) is 80.0 cm³/mol. The Morgan fingerprint density at radius 2 is 2.11 bits per heavy atom. The monoisotopic (exact) mass is 328 g/mol. The maximum atomic E-state index is 11.1. The van der Waals surface area contributed by atoms with Crippen molar-refractivity contribution in [3.05, 3.63) is 28.2 Å². The molecule has 0 fully saturated rings. The summed E-state index contributed by atoms with van der Waals surface area (Å²) in [4.78, 5) is 11.1. The van der Waals surface area contributed by atoms with Gasteiger partial charge in [-0.1, -0.05) is 12.1 Å². The lowest BCUT2D eigenvalue weighted by Gasteiger charge is -2.23. The van der Waals surface area contributed by atoms with Gasteiger partial charge in [0.1, 0.15) is 5.75 Å². The van der Waals surface area contributed by atoms with Crippen LogP contribution in [-0.2, 0) is 11.3 Å². The zero-order valence-corrected chi connectivity index (χ0v) is 13.4. The van der Waals surface area contributed by atoms with Crippen molar-refractivity contribution in [2.24, 2.45) is 5.73 Å². The van der Waals surface area contributed by atoms with E-state index >= 15 is 0 Å². The molecule has 1 atom stereocenters. The summed E-state index contributed by atoms with van der Waals surface area (Å²) in [5, 5.41) is 3.39. The van der Waals surface area contributed by atoms with E-state index in [1.54, 1.807) is 6.92 Å². The van der Waals surface area contributed by atoms with E-state index in [0.717, 1.165) is 10.0 Å². The molecule has 0 spiro atoms. The molecule has 1 aromatic carbocycles. The normalized spacial score (nSPS) is 13.1. The molecule has 1 rings (SSSR count). The topological polar surface area (TPSA) is 64.3 Å². The minimum atomic E-state index is -0.660. The van der Waals surface area contributed by atoms with Crippen LogP contribution in [0.25, 0.3) is 0 Å². The number of amides is 1. The quantitative estimate of drug-likeness (QED) is 0.873. The number of nitrogens with one attached hydrogen (secondary N) is 1. The van der Waals surface area contributed by atoms with Gasteiger partial charge in [-0.3, -0.25) is 4.79 Å². The fraction of sp³-hybridized carbons (Fsp3) is 0.500. The van der Waals surface area contributed by atoms with Gasteiger partial charge in [-0.2, -0.15) is 0 Å². The van der Waals surface area contributed by atoms with Crippen LogP contribution in [0.3, 0.4) is 0 Å². The fourth-order valence-electron chi connectivity index (χ4n) is 1.42. The number of nitrogens with two attached hydrogens (primary N) is 1. The third kappa shape index (κ3) is 5.20. The van der Waals surface area contributed by atoms with Crippen LogP contribution in [0.4, 0.5) is 0 Å². The van der Waals surface area contributed by atoms with Crippen LogP contribution in [0.15, 0.2) is 22.7 Å². The lowest BCUT2D eigenvalue weighted by molar-refractivity contribution is -0.124. The average molecular weight is 329 g/mol. The molecule has 0 aliphatic carbocycles. The number of ether oxygens (including phenoxy) is 1. The first-order valence-corrected chi connectivity index (χ1v) is 6.98. The van der Waals surface area contributed by atoms with E-state index in [0.29, 0.717) is 12.3 Å². The van der Waals surface area contributed by atoms with Gasteiger partial charge in [-0.05, 0) is 49.7 Å². The van der Waals surface area contributed by atoms with Crippen molar-refractivity contribution < 1.29 is 9.53 Å². The van der Waals surface area contributed by atoms with E-state index < -0.39 is 12.0 Å². The van der Waals surface area contributed by atoms with Gasteiger partial charge in [0.15, 0.2) is 6.10 Å². The van der Waals surface area contributed by atoms with Gasteiger partial charge in [0.25, 0.3) is 5.91 Å². The van der Waals surface area contributed by atoms with Crippen molar-refractivity contribution in [2.75, 3.05) is 0 Å². The number of carbonyl (C=O) groups is 1. The van der Waals surface area contributed by atoms with Gasteiger partial charge in [-0.25, -0.2) is 0 Å². The van der Waals surface area contributed by atoms with E-state index in [1.165, 1.54) is 0 Å². The van der Waals surface area contributed by atoms with Crippen molar-refractivity contribution in [1.29, 1.82) is 0 Å². The van der Waals surface area contributed by atoms with E-state index in [-0.39, 0.29) is 5.54 Å². The first-order chi connectivity index (χ1) is 8.70. The highest BCUT2D eigenvalue weighted by Gasteiger charge is 2.17. The van der Waals surface area contributed by atoms with Gasteiger partial charge in [-0.15, -0.1) is 0 Å². The number of rotatable bonds is 5. The SMILES string of the molecule is CC(Oc1c(Br)cccc1CNC(C)(C)C)C(N)=O. The molecule has 3 N–H and O–H groups in total. The second-order valence-corrected chi connectivity index (χ2v) is 6.35. The molecule has 1 amide bonds. The smallest absolute Gasteiger partial charge is 0.258 e. The molecule has 19 heavy (non-hydrogen) atoms. The van der Waals surface area contributed by atoms with E-state index in [1.807, 2.05) is 18.2 Å². The van der Waals surface area contributed by atoms with Crippen LogP contribution in [0.2, 0.25) is 0 Å².